The molecule has 96 valence electrons. The maximum Gasteiger partial charge on any atom is 0.490 e. The van der Waals surface area contributed by atoms with Gasteiger partial charge in [0, 0.05) is 12.8 Å². The second kappa shape index (κ2) is 3.79. The molecule has 0 amide bonds. The van der Waals surface area contributed by atoms with Crippen LogP contribution in [0.2, 0.25) is 0 Å². The summed E-state index contributed by atoms with van der Waals surface area (Å²) in [7, 11) is -0.462. The van der Waals surface area contributed by atoms with E-state index in [1.165, 1.54) is 0 Å². The first kappa shape index (κ1) is 13.0. The average Bonchev–Trinajstić information content (AvgIpc) is 2.35. The Balaban J connectivity index is 2.10. The van der Waals surface area contributed by atoms with E-state index in [-0.39, 0.29) is 12.8 Å². The van der Waals surface area contributed by atoms with Crippen molar-refractivity contribution in [3.05, 3.63) is 11.5 Å². The summed E-state index contributed by atoms with van der Waals surface area (Å²) < 4.78 is 37.8. The second-order valence-electron chi connectivity index (χ2n) is 5.93. The molecule has 1 fully saturated rings. The minimum atomic E-state index is -2.56. The molecule has 0 N–H and O–H groups in total. The Hall–Kier alpha value is -0.415. The third kappa shape index (κ3) is 2.40. The van der Waals surface area contributed by atoms with E-state index in [0.29, 0.717) is 6.42 Å². The molecule has 1 aliphatic heterocycles. The Labute approximate surface area is 102 Å². The van der Waals surface area contributed by atoms with Crippen LogP contribution in [0.15, 0.2) is 11.5 Å². The maximum absolute atomic E-state index is 13.0. The third-order valence-corrected chi connectivity index (χ3v) is 4.00. The molecule has 0 saturated carbocycles. The summed E-state index contributed by atoms with van der Waals surface area (Å²) in [5.74, 6) is -2.56. The van der Waals surface area contributed by atoms with Crippen LogP contribution < -0.4 is 0 Å². The molecule has 1 saturated heterocycles. The second-order valence-corrected chi connectivity index (χ2v) is 5.93. The molecule has 0 atom stereocenters. The highest BCUT2D eigenvalue weighted by atomic mass is 19.3. The predicted octanol–water partition coefficient (Wildman–Crippen LogP) is 3.36. The van der Waals surface area contributed by atoms with Crippen LogP contribution in [0.5, 0.6) is 0 Å². The van der Waals surface area contributed by atoms with E-state index in [1.807, 2.05) is 27.7 Å². The summed E-state index contributed by atoms with van der Waals surface area (Å²) in [4.78, 5) is 0. The van der Waals surface area contributed by atoms with Gasteiger partial charge in [0.05, 0.1) is 11.2 Å². The zero-order chi connectivity index (χ0) is 12.9. The zero-order valence-electron chi connectivity index (χ0n) is 10.8. The molecule has 2 nitrogen and oxygen atoms in total. The van der Waals surface area contributed by atoms with Crippen LogP contribution in [0.1, 0.15) is 47.0 Å². The normalized spacial score (nSPS) is 30.2. The lowest BCUT2D eigenvalue weighted by Crippen LogP contribution is -2.41. The summed E-state index contributed by atoms with van der Waals surface area (Å²) >= 11 is 0. The molecule has 2 aliphatic rings. The third-order valence-electron chi connectivity index (χ3n) is 4.00. The maximum atomic E-state index is 13.0. The van der Waals surface area contributed by atoms with E-state index in [4.69, 9.17) is 9.31 Å². The lowest BCUT2D eigenvalue weighted by Gasteiger charge is -2.32. The van der Waals surface area contributed by atoms with Crippen molar-refractivity contribution in [2.45, 2.75) is 64.1 Å². The van der Waals surface area contributed by atoms with Crippen LogP contribution in [0.25, 0.3) is 0 Å². The van der Waals surface area contributed by atoms with Gasteiger partial charge in [-0.2, -0.15) is 0 Å². The van der Waals surface area contributed by atoms with Gasteiger partial charge in [-0.3, -0.25) is 0 Å². The van der Waals surface area contributed by atoms with E-state index < -0.39 is 24.2 Å². The highest BCUT2D eigenvalue weighted by Crippen LogP contribution is 2.41. The molecular weight excluding hydrogens is 225 g/mol. The first-order valence-corrected chi connectivity index (χ1v) is 6.05. The van der Waals surface area contributed by atoms with E-state index in [9.17, 15) is 8.78 Å². The fraction of sp³-hybridized carbons (Fsp3) is 0.833. The Morgan fingerprint density at radius 1 is 1.12 bits per heavy atom. The van der Waals surface area contributed by atoms with Gasteiger partial charge >= 0.3 is 7.12 Å². The van der Waals surface area contributed by atoms with Gasteiger partial charge in [-0.05, 0) is 39.6 Å². The van der Waals surface area contributed by atoms with Crippen molar-refractivity contribution in [3.8, 4) is 0 Å². The predicted molar refractivity (Wildman–Crippen MR) is 63.0 cm³/mol. The van der Waals surface area contributed by atoms with Crippen LogP contribution >= 0.6 is 0 Å². The van der Waals surface area contributed by atoms with Gasteiger partial charge in [0.1, 0.15) is 0 Å². The minimum absolute atomic E-state index is 0.108. The van der Waals surface area contributed by atoms with Crippen LogP contribution in [0.4, 0.5) is 8.78 Å². The number of alkyl halides is 2. The van der Waals surface area contributed by atoms with Crippen LogP contribution in [0.3, 0.4) is 0 Å². The monoisotopic (exact) mass is 244 g/mol. The van der Waals surface area contributed by atoms with E-state index in [0.717, 1.165) is 5.47 Å². The standard InChI is InChI=1S/C12H19BF2O2/c1-10(2)11(3,4)17-13(16-10)9-5-7-12(14,15)8-6-9/h5H,6-8H2,1-4H3. The van der Waals surface area contributed by atoms with Gasteiger partial charge in [0.2, 0.25) is 0 Å². The Morgan fingerprint density at radius 2 is 1.65 bits per heavy atom. The molecule has 0 radical (unpaired) electrons. The van der Waals surface area contributed by atoms with Crippen molar-refractivity contribution in [1.82, 2.24) is 0 Å². The van der Waals surface area contributed by atoms with Gasteiger partial charge in [-0.25, -0.2) is 8.78 Å². The summed E-state index contributed by atoms with van der Waals surface area (Å²) in [5, 5.41) is 0. The zero-order valence-corrected chi connectivity index (χ0v) is 10.8. The topological polar surface area (TPSA) is 18.5 Å². The molecule has 0 spiro atoms. The van der Waals surface area contributed by atoms with Gasteiger partial charge in [-0.1, -0.05) is 6.08 Å². The lowest BCUT2D eigenvalue weighted by atomic mass is 9.72. The SMILES string of the molecule is CC1(C)OB(C2=CCC(F)(F)CC2)OC1(C)C. The summed E-state index contributed by atoms with van der Waals surface area (Å²) in [6, 6.07) is 0. The smallest absolute Gasteiger partial charge is 0.400 e. The van der Waals surface area contributed by atoms with Crippen LogP contribution in [0, 0.1) is 0 Å². The number of hydrogen-bond acceptors (Lipinski definition) is 2. The van der Waals surface area contributed by atoms with E-state index in [2.05, 4.69) is 0 Å². The van der Waals surface area contributed by atoms with Crippen molar-refractivity contribution in [2.24, 2.45) is 0 Å². The van der Waals surface area contributed by atoms with Crippen molar-refractivity contribution in [1.29, 1.82) is 0 Å². The number of rotatable bonds is 1. The Bertz CT molecular complexity index is 334. The quantitative estimate of drug-likeness (QED) is 0.658. The fourth-order valence-corrected chi connectivity index (χ4v) is 2.02. The fourth-order valence-electron chi connectivity index (χ4n) is 2.02. The van der Waals surface area contributed by atoms with Gasteiger partial charge in [-0.15, -0.1) is 0 Å². The lowest BCUT2D eigenvalue weighted by molar-refractivity contribution is -0.00821. The summed E-state index contributed by atoms with van der Waals surface area (Å²) in [6.07, 6.45) is 1.62. The molecular formula is C12H19BF2O2. The Morgan fingerprint density at radius 3 is 2.06 bits per heavy atom. The molecule has 1 heterocycles. The Kier molecular flexibility index (Phi) is 2.90. The number of halogens is 2. The first-order valence-electron chi connectivity index (χ1n) is 6.05. The minimum Gasteiger partial charge on any atom is -0.400 e. The van der Waals surface area contributed by atoms with E-state index in [1.54, 1.807) is 6.08 Å². The van der Waals surface area contributed by atoms with Gasteiger partial charge in [0.25, 0.3) is 5.92 Å². The van der Waals surface area contributed by atoms with Crippen molar-refractivity contribution < 1.29 is 18.1 Å². The summed E-state index contributed by atoms with van der Waals surface area (Å²) in [6.45, 7) is 7.85. The molecule has 0 aromatic heterocycles. The highest BCUT2D eigenvalue weighted by molar-refractivity contribution is 6.54. The highest BCUT2D eigenvalue weighted by Gasteiger charge is 2.53. The molecule has 0 unspecified atom stereocenters. The molecule has 17 heavy (non-hydrogen) atoms. The van der Waals surface area contributed by atoms with Gasteiger partial charge in [0.15, 0.2) is 0 Å². The molecule has 0 aromatic carbocycles. The van der Waals surface area contributed by atoms with Crippen LogP contribution in [-0.2, 0) is 9.31 Å². The first-order chi connectivity index (χ1) is 7.63. The van der Waals surface area contributed by atoms with Crippen molar-refractivity contribution in [3.63, 3.8) is 0 Å². The molecule has 2 rings (SSSR count). The van der Waals surface area contributed by atoms with Gasteiger partial charge < -0.3 is 9.31 Å². The average molecular weight is 244 g/mol. The van der Waals surface area contributed by atoms with Crippen LogP contribution in [-0.4, -0.2) is 24.2 Å². The summed E-state index contributed by atoms with van der Waals surface area (Å²) in [5.41, 5.74) is 0.0475. The van der Waals surface area contributed by atoms with Crippen molar-refractivity contribution >= 4 is 7.12 Å². The number of allylic oxidation sites excluding steroid dienone is 2. The number of hydrogen-bond donors (Lipinski definition) is 0. The molecule has 5 heteroatoms. The van der Waals surface area contributed by atoms with Crippen molar-refractivity contribution in [2.75, 3.05) is 0 Å². The molecule has 0 bridgehead atoms. The van der Waals surface area contributed by atoms with E-state index >= 15 is 0 Å². The largest absolute Gasteiger partial charge is 0.490 e. The molecule has 1 aliphatic carbocycles. The molecule has 0 aromatic rings.